The summed E-state index contributed by atoms with van der Waals surface area (Å²) in [5, 5.41) is 3.46. The first-order valence-electron chi connectivity index (χ1n) is 8.38. The predicted molar refractivity (Wildman–Crippen MR) is 91.9 cm³/mol. The summed E-state index contributed by atoms with van der Waals surface area (Å²) in [6.07, 6.45) is 3.90. The lowest BCUT2D eigenvalue weighted by molar-refractivity contribution is 0.199. The molecule has 1 fully saturated rings. The standard InChI is InChI=1S/C18H31N3/c1-4-13-21(15-17-9-11-19-12-10-17)14-16-5-7-18(8-6-16)20(2)3/h5-8,17,19H,4,9-15H2,1-3H3. The average molecular weight is 289 g/mol. The van der Waals surface area contributed by atoms with E-state index >= 15 is 0 Å². The second-order valence-corrected chi connectivity index (χ2v) is 6.49. The van der Waals surface area contributed by atoms with Crippen molar-refractivity contribution in [1.82, 2.24) is 10.2 Å². The van der Waals surface area contributed by atoms with Gasteiger partial charge in [0.1, 0.15) is 0 Å². The van der Waals surface area contributed by atoms with E-state index in [4.69, 9.17) is 0 Å². The lowest BCUT2D eigenvalue weighted by atomic mass is 9.97. The molecule has 0 atom stereocenters. The zero-order valence-corrected chi connectivity index (χ0v) is 13.9. The van der Waals surface area contributed by atoms with Gasteiger partial charge in [0.15, 0.2) is 0 Å². The Balaban J connectivity index is 1.91. The molecule has 1 aliphatic rings. The lowest BCUT2D eigenvalue weighted by Crippen LogP contribution is -2.36. The van der Waals surface area contributed by atoms with Gasteiger partial charge in [-0.2, -0.15) is 0 Å². The van der Waals surface area contributed by atoms with Gasteiger partial charge in [0.05, 0.1) is 0 Å². The molecule has 1 aromatic carbocycles. The first-order valence-corrected chi connectivity index (χ1v) is 8.38. The highest BCUT2D eigenvalue weighted by atomic mass is 15.1. The average Bonchev–Trinajstić information content (AvgIpc) is 2.49. The normalized spacial score (nSPS) is 16.4. The fraction of sp³-hybridized carbons (Fsp3) is 0.667. The van der Waals surface area contributed by atoms with Crippen LogP contribution >= 0.6 is 0 Å². The molecule has 118 valence electrons. The van der Waals surface area contributed by atoms with Gasteiger partial charge in [0, 0.05) is 32.9 Å². The maximum atomic E-state index is 3.46. The summed E-state index contributed by atoms with van der Waals surface area (Å²) in [5.74, 6) is 0.874. The van der Waals surface area contributed by atoms with Gasteiger partial charge in [-0.3, -0.25) is 4.90 Å². The van der Waals surface area contributed by atoms with Crippen LogP contribution < -0.4 is 10.2 Å². The quantitative estimate of drug-likeness (QED) is 0.832. The van der Waals surface area contributed by atoms with Crippen molar-refractivity contribution in [3.05, 3.63) is 29.8 Å². The highest BCUT2D eigenvalue weighted by Crippen LogP contribution is 2.17. The van der Waals surface area contributed by atoms with Crippen molar-refractivity contribution < 1.29 is 0 Å². The SMILES string of the molecule is CCCN(Cc1ccc(N(C)C)cc1)CC1CCNCC1. The smallest absolute Gasteiger partial charge is 0.0361 e. The monoisotopic (exact) mass is 289 g/mol. The molecule has 3 heteroatoms. The molecular weight excluding hydrogens is 258 g/mol. The molecule has 1 aromatic rings. The van der Waals surface area contributed by atoms with E-state index in [1.807, 2.05) is 0 Å². The summed E-state index contributed by atoms with van der Waals surface area (Å²) >= 11 is 0. The van der Waals surface area contributed by atoms with Crippen LogP contribution in [0.25, 0.3) is 0 Å². The minimum Gasteiger partial charge on any atom is -0.378 e. The minimum absolute atomic E-state index is 0.874. The van der Waals surface area contributed by atoms with E-state index in [0.717, 1.165) is 12.5 Å². The molecular formula is C18H31N3. The number of hydrogen-bond donors (Lipinski definition) is 1. The van der Waals surface area contributed by atoms with Crippen molar-refractivity contribution in [2.45, 2.75) is 32.7 Å². The van der Waals surface area contributed by atoms with Crippen LogP contribution in [0.3, 0.4) is 0 Å². The van der Waals surface area contributed by atoms with Crippen molar-refractivity contribution >= 4 is 5.69 Å². The zero-order chi connectivity index (χ0) is 15.1. The van der Waals surface area contributed by atoms with Crippen molar-refractivity contribution in [2.24, 2.45) is 5.92 Å². The molecule has 0 aliphatic carbocycles. The third-order valence-electron chi connectivity index (χ3n) is 4.37. The molecule has 0 unspecified atom stereocenters. The van der Waals surface area contributed by atoms with Crippen LogP contribution in [0.4, 0.5) is 5.69 Å². The molecule has 1 heterocycles. The van der Waals surface area contributed by atoms with Crippen molar-refractivity contribution in [3.8, 4) is 0 Å². The van der Waals surface area contributed by atoms with E-state index < -0.39 is 0 Å². The van der Waals surface area contributed by atoms with Crippen molar-refractivity contribution in [3.63, 3.8) is 0 Å². The van der Waals surface area contributed by atoms with Gasteiger partial charge in [-0.05, 0) is 62.5 Å². The summed E-state index contributed by atoms with van der Waals surface area (Å²) in [6.45, 7) is 8.23. The van der Waals surface area contributed by atoms with Gasteiger partial charge >= 0.3 is 0 Å². The Bertz CT molecular complexity index is 393. The van der Waals surface area contributed by atoms with Gasteiger partial charge in [-0.1, -0.05) is 19.1 Å². The lowest BCUT2D eigenvalue weighted by Gasteiger charge is -2.30. The van der Waals surface area contributed by atoms with Crippen molar-refractivity contribution in [1.29, 1.82) is 0 Å². The Kier molecular flexibility index (Phi) is 6.52. The Morgan fingerprint density at radius 2 is 1.76 bits per heavy atom. The van der Waals surface area contributed by atoms with E-state index in [0.29, 0.717) is 0 Å². The first-order chi connectivity index (χ1) is 10.2. The van der Waals surface area contributed by atoms with E-state index in [1.165, 1.54) is 56.7 Å². The summed E-state index contributed by atoms with van der Waals surface area (Å²) in [6, 6.07) is 9.01. The summed E-state index contributed by atoms with van der Waals surface area (Å²) < 4.78 is 0. The maximum Gasteiger partial charge on any atom is 0.0361 e. The first kappa shape index (κ1) is 16.3. The van der Waals surface area contributed by atoms with Crippen LogP contribution in [0.15, 0.2) is 24.3 Å². The molecule has 0 spiro atoms. The van der Waals surface area contributed by atoms with E-state index in [9.17, 15) is 0 Å². The van der Waals surface area contributed by atoms with Gasteiger partial charge in [0.25, 0.3) is 0 Å². The van der Waals surface area contributed by atoms with Gasteiger partial charge in [-0.25, -0.2) is 0 Å². The number of nitrogens with zero attached hydrogens (tertiary/aromatic N) is 2. The summed E-state index contributed by atoms with van der Waals surface area (Å²) in [7, 11) is 4.19. The molecule has 1 aliphatic heterocycles. The second-order valence-electron chi connectivity index (χ2n) is 6.49. The number of anilines is 1. The molecule has 3 nitrogen and oxygen atoms in total. The zero-order valence-electron chi connectivity index (χ0n) is 13.9. The van der Waals surface area contributed by atoms with Gasteiger partial charge in [0.2, 0.25) is 0 Å². The number of rotatable bonds is 7. The number of benzene rings is 1. The predicted octanol–water partition coefficient (Wildman–Crippen LogP) is 2.96. The van der Waals surface area contributed by atoms with Crippen LogP contribution in [-0.2, 0) is 6.54 Å². The Morgan fingerprint density at radius 1 is 1.10 bits per heavy atom. The fourth-order valence-corrected chi connectivity index (χ4v) is 3.14. The molecule has 0 aromatic heterocycles. The molecule has 1 saturated heterocycles. The third-order valence-corrected chi connectivity index (χ3v) is 4.37. The van der Waals surface area contributed by atoms with E-state index in [-0.39, 0.29) is 0 Å². The highest BCUT2D eigenvalue weighted by Gasteiger charge is 2.16. The largest absolute Gasteiger partial charge is 0.378 e. The maximum absolute atomic E-state index is 3.46. The minimum atomic E-state index is 0.874. The van der Waals surface area contributed by atoms with Crippen LogP contribution in [0.1, 0.15) is 31.7 Å². The Morgan fingerprint density at radius 3 is 2.33 bits per heavy atom. The molecule has 21 heavy (non-hydrogen) atoms. The summed E-state index contributed by atoms with van der Waals surface area (Å²) in [5.41, 5.74) is 2.71. The number of nitrogens with one attached hydrogen (secondary N) is 1. The molecule has 1 N–H and O–H groups in total. The molecule has 0 bridgehead atoms. The second kappa shape index (κ2) is 8.40. The molecule has 0 amide bonds. The fourth-order valence-electron chi connectivity index (χ4n) is 3.14. The van der Waals surface area contributed by atoms with Crippen LogP contribution in [0.2, 0.25) is 0 Å². The summed E-state index contributed by atoms with van der Waals surface area (Å²) in [4.78, 5) is 4.79. The topological polar surface area (TPSA) is 18.5 Å². The highest BCUT2D eigenvalue weighted by molar-refractivity contribution is 5.45. The molecule has 0 radical (unpaired) electrons. The Labute approximate surface area is 130 Å². The van der Waals surface area contributed by atoms with Gasteiger partial charge in [-0.15, -0.1) is 0 Å². The van der Waals surface area contributed by atoms with Crippen LogP contribution in [0, 0.1) is 5.92 Å². The van der Waals surface area contributed by atoms with E-state index in [2.05, 4.69) is 60.4 Å². The molecule has 0 saturated carbocycles. The van der Waals surface area contributed by atoms with Gasteiger partial charge < -0.3 is 10.2 Å². The Hall–Kier alpha value is -1.06. The van der Waals surface area contributed by atoms with Crippen molar-refractivity contribution in [2.75, 3.05) is 45.2 Å². The van der Waals surface area contributed by atoms with E-state index in [1.54, 1.807) is 0 Å². The molecule has 2 rings (SSSR count). The number of piperidine rings is 1. The van der Waals surface area contributed by atoms with Crippen LogP contribution in [-0.4, -0.2) is 45.2 Å². The number of hydrogen-bond acceptors (Lipinski definition) is 3. The third kappa shape index (κ3) is 5.33. The van der Waals surface area contributed by atoms with Crippen LogP contribution in [0.5, 0.6) is 0 Å².